The lowest BCUT2D eigenvalue weighted by molar-refractivity contribution is -0.118. The number of benzene rings is 2. The van der Waals surface area contributed by atoms with Crippen molar-refractivity contribution in [3.8, 4) is 5.75 Å². The molecule has 94 valence electrons. The van der Waals surface area contributed by atoms with Gasteiger partial charge in [0.25, 0.3) is 0 Å². The topological polar surface area (TPSA) is 78.3 Å². The highest BCUT2D eigenvalue weighted by atomic mass is 16.5. The van der Waals surface area contributed by atoms with Crippen LogP contribution >= 0.6 is 0 Å². The van der Waals surface area contributed by atoms with E-state index in [4.69, 9.17) is 16.2 Å². The Hall–Kier alpha value is -2.07. The third-order valence-corrected chi connectivity index (χ3v) is 2.94. The van der Waals surface area contributed by atoms with Crippen LogP contribution in [0.4, 0.5) is 0 Å². The summed E-state index contributed by atoms with van der Waals surface area (Å²) in [4.78, 5) is 11.0. The van der Waals surface area contributed by atoms with Crippen molar-refractivity contribution < 1.29 is 9.53 Å². The van der Waals surface area contributed by atoms with Crippen LogP contribution in [-0.2, 0) is 4.79 Å². The van der Waals surface area contributed by atoms with Crippen LogP contribution in [0.1, 0.15) is 18.0 Å². The number of carbonyl (C=O) groups is 1. The standard InChI is InChI=1S/C14H16N2O2/c1-18-12-7-6-9-4-2-3-5-10(9)14(12)11(15)8-13(16)17/h2-7,11H,8,15H2,1H3,(H2,16,17). The van der Waals surface area contributed by atoms with Gasteiger partial charge in [-0.3, -0.25) is 4.79 Å². The fraction of sp³-hybridized carbons (Fsp3) is 0.214. The lowest BCUT2D eigenvalue weighted by Gasteiger charge is -2.17. The Morgan fingerprint density at radius 3 is 2.67 bits per heavy atom. The molecule has 0 radical (unpaired) electrons. The summed E-state index contributed by atoms with van der Waals surface area (Å²) in [5.74, 6) is 0.264. The molecule has 0 saturated heterocycles. The maximum absolute atomic E-state index is 11.0. The minimum atomic E-state index is -0.455. The fourth-order valence-corrected chi connectivity index (χ4v) is 2.15. The van der Waals surface area contributed by atoms with Crippen LogP contribution in [0.15, 0.2) is 36.4 Å². The van der Waals surface area contributed by atoms with Crippen molar-refractivity contribution in [2.45, 2.75) is 12.5 Å². The van der Waals surface area contributed by atoms with Crippen molar-refractivity contribution in [3.63, 3.8) is 0 Å². The Kier molecular flexibility index (Phi) is 3.48. The number of ether oxygens (including phenoxy) is 1. The third kappa shape index (κ3) is 2.28. The number of fused-ring (bicyclic) bond motifs is 1. The van der Waals surface area contributed by atoms with Gasteiger partial charge in [-0.1, -0.05) is 30.3 Å². The second-order valence-electron chi connectivity index (χ2n) is 4.18. The van der Waals surface area contributed by atoms with Gasteiger partial charge in [0, 0.05) is 18.0 Å². The summed E-state index contributed by atoms with van der Waals surface area (Å²) in [5, 5.41) is 2.05. The van der Waals surface area contributed by atoms with Crippen molar-refractivity contribution in [2.24, 2.45) is 11.5 Å². The van der Waals surface area contributed by atoms with E-state index in [-0.39, 0.29) is 6.42 Å². The molecule has 0 fully saturated rings. The molecular formula is C14H16N2O2. The van der Waals surface area contributed by atoms with Gasteiger partial charge in [0.15, 0.2) is 0 Å². The second kappa shape index (κ2) is 5.06. The molecule has 0 heterocycles. The molecule has 0 saturated carbocycles. The first-order chi connectivity index (χ1) is 8.63. The number of hydrogen-bond acceptors (Lipinski definition) is 3. The molecule has 1 unspecified atom stereocenters. The highest BCUT2D eigenvalue weighted by Crippen LogP contribution is 2.33. The Morgan fingerprint density at radius 1 is 1.28 bits per heavy atom. The van der Waals surface area contributed by atoms with E-state index < -0.39 is 11.9 Å². The van der Waals surface area contributed by atoms with Gasteiger partial charge >= 0.3 is 0 Å². The summed E-state index contributed by atoms with van der Waals surface area (Å²) in [7, 11) is 1.59. The van der Waals surface area contributed by atoms with E-state index >= 15 is 0 Å². The summed E-state index contributed by atoms with van der Waals surface area (Å²) in [6.45, 7) is 0. The zero-order chi connectivity index (χ0) is 13.1. The number of nitrogens with two attached hydrogens (primary N) is 2. The number of rotatable bonds is 4. The van der Waals surface area contributed by atoms with Gasteiger partial charge in [0.2, 0.25) is 5.91 Å². The minimum Gasteiger partial charge on any atom is -0.496 e. The molecule has 2 rings (SSSR count). The van der Waals surface area contributed by atoms with Crippen molar-refractivity contribution >= 4 is 16.7 Å². The minimum absolute atomic E-state index is 0.102. The van der Waals surface area contributed by atoms with Gasteiger partial charge in [0.1, 0.15) is 5.75 Å². The van der Waals surface area contributed by atoms with Crippen molar-refractivity contribution in [1.82, 2.24) is 0 Å². The molecule has 4 N–H and O–H groups in total. The molecule has 0 bridgehead atoms. The van der Waals surface area contributed by atoms with Gasteiger partial charge in [-0.2, -0.15) is 0 Å². The van der Waals surface area contributed by atoms with Crippen molar-refractivity contribution in [2.75, 3.05) is 7.11 Å². The number of carbonyl (C=O) groups excluding carboxylic acids is 1. The number of primary amides is 1. The van der Waals surface area contributed by atoms with E-state index in [1.54, 1.807) is 7.11 Å². The van der Waals surface area contributed by atoms with E-state index in [0.717, 1.165) is 16.3 Å². The molecular weight excluding hydrogens is 228 g/mol. The molecule has 18 heavy (non-hydrogen) atoms. The molecule has 1 atom stereocenters. The fourth-order valence-electron chi connectivity index (χ4n) is 2.15. The van der Waals surface area contributed by atoms with Crippen LogP contribution in [0.25, 0.3) is 10.8 Å². The van der Waals surface area contributed by atoms with Crippen molar-refractivity contribution in [1.29, 1.82) is 0 Å². The van der Waals surface area contributed by atoms with E-state index in [9.17, 15) is 4.79 Å². The van der Waals surface area contributed by atoms with Gasteiger partial charge in [-0.05, 0) is 16.8 Å². The highest BCUT2D eigenvalue weighted by Gasteiger charge is 2.17. The molecule has 0 aliphatic heterocycles. The number of methoxy groups -OCH3 is 1. The first kappa shape index (κ1) is 12.4. The van der Waals surface area contributed by atoms with Crippen LogP contribution < -0.4 is 16.2 Å². The van der Waals surface area contributed by atoms with Crippen LogP contribution in [0.2, 0.25) is 0 Å². The van der Waals surface area contributed by atoms with Crippen LogP contribution in [0.3, 0.4) is 0 Å². The Morgan fingerprint density at radius 2 is 2.00 bits per heavy atom. The Bertz CT molecular complexity index is 581. The first-order valence-electron chi connectivity index (χ1n) is 5.73. The summed E-state index contributed by atoms with van der Waals surface area (Å²) >= 11 is 0. The lowest BCUT2D eigenvalue weighted by Crippen LogP contribution is -2.21. The summed E-state index contributed by atoms with van der Waals surface area (Å²) < 4.78 is 5.32. The molecule has 0 spiro atoms. The third-order valence-electron chi connectivity index (χ3n) is 2.94. The van der Waals surface area contributed by atoms with Crippen molar-refractivity contribution in [3.05, 3.63) is 42.0 Å². The maximum atomic E-state index is 11.0. The quantitative estimate of drug-likeness (QED) is 0.859. The summed E-state index contributed by atoms with van der Waals surface area (Å²) in [6, 6.07) is 11.2. The molecule has 0 aliphatic carbocycles. The van der Waals surface area contributed by atoms with E-state index in [0.29, 0.717) is 5.75 Å². The van der Waals surface area contributed by atoms with Gasteiger partial charge in [0.05, 0.1) is 7.11 Å². The molecule has 4 nitrogen and oxygen atoms in total. The molecule has 2 aromatic carbocycles. The zero-order valence-electron chi connectivity index (χ0n) is 10.2. The smallest absolute Gasteiger partial charge is 0.219 e. The van der Waals surface area contributed by atoms with Crippen LogP contribution in [0, 0.1) is 0 Å². The second-order valence-corrected chi connectivity index (χ2v) is 4.18. The average Bonchev–Trinajstić information content (AvgIpc) is 2.36. The van der Waals surface area contributed by atoms with Crippen LogP contribution in [0.5, 0.6) is 5.75 Å². The zero-order valence-corrected chi connectivity index (χ0v) is 10.2. The molecule has 4 heteroatoms. The monoisotopic (exact) mass is 244 g/mol. The van der Waals surface area contributed by atoms with E-state index in [1.165, 1.54) is 0 Å². The number of hydrogen-bond donors (Lipinski definition) is 2. The summed E-state index contributed by atoms with van der Waals surface area (Å²) in [6.07, 6.45) is 0.102. The lowest BCUT2D eigenvalue weighted by atomic mass is 9.96. The maximum Gasteiger partial charge on any atom is 0.219 e. The highest BCUT2D eigenvalue weighted by molar-refractivity contribution is 5.89. The predicted molar refractivity (Wildman–Crippen MR) is 71.2 cm³/mol. The first-order valence-corrected chi connectivity index (χ1v) is 5.73. The van der Waals surface area contributed by atoms with Gasteiger partial charge in [-0.15, -0.1) is 0 Å². The van der Waals surface area contributed by atoms with E-state index in [1.807, 2.05) is 36.4 Å². The van der Waals surface area contributed by atoms with Crippen LogP contribution in [-0.4, -0.2) is 13.0 Å². The largest absolute Gasteiger partial charge is 0.496 e. The normalized spacial score (nSPS) is 12.3. The molecule has 2 aromatic rings. The molecule has 1 amide bonds. The Labute approximate surface area is 106 Å². The van der Waals surface area contributed by atoms with Gasteiger partial charge < -0.3 is 16.2 Å². The molecule has 0 aliphatic rings. The van der Waals surface area contributed by atoms with E-state index in [2.05, 4.69) is 0 Å². The average molecular weight is 244 g/mol. The Balaban J connectivity index is 2.60. The SMILES string of the molecule is COc1ccc2ccccc2c1C(N)CC(N)=O. The number of amides is 1. The predicted octanol–water partition coefficient (Wildman–Crippen LogP) is 1.72. The molecule has 0 aromatic heterocycles. The van der Waals surface area contributed by atoms with Gasteiger partial charge in [-0.25, -0.2) is 0 Å². The summed E-state index contributed by atoms with van der Waals surface area (Å²) in [5.41, 5.74) is 12.1.